The smallest absolute Gasteiger partial charge is 0.216 e. The minimum atomic E-state index is 0.0806. The van der Waals surface area contributed by atoms with Gasteiger partial charge in [-0.2, -0.15) is 0 Å². The number of ether oxygens (including phenoxy) is 2. The summed E-state index contributed by atoms with van der Waals surface area (Å²) >= 11 is 0. The van der Waals surface area contributed by atoms with Crippen molar-refractivity contribution in [2.75, 3.05) is 13.7 Å². The van der Waals surface area contributed by atoms with Gasteiger partial charge in [0.2, 0.25) is 5.88 Å². The van der Waals surface area contributed by atoms with Crippen LogP contribution in [0.15, 0.2) is 12.4 Å². The van der Waals surface area contributed by atoms with Gasteiger partial charge in [0, 0.05) is 36.7 Å². The molecular formula is C13H21N3O2. The second kappa shape index (κ2) is 6.11. The molecule has 0 spiro atoms. The summed E-state index contributed by atoms with van der Waals surface area (Å²) in [7, 11) is 1.60. The summed E-state index contributed by atoms with van der Waals surface area (Å²) in [5, 5.41) is 0. The maximum atomic E-state index is 6.29. The molecule has 0 aliphatic carbocycles. The predicted molar refractivity (Wildman–Crippen MR) is 68.4 cm³/mol. The van der Waals surface area contributed by atoms with Crippen molar-refractivity contribution in [1.29, 1.82) is 0 Å². The summed E-state index contributed by atoms with van der Waals surface area (Å²) in [4.78, 5) is 8.23. The molecule has 0 amide bonds. The SMILES string of the molecule is CCC1OCCC1C(N)Cc1cc(OC)ncn1. The molecular weight excluding hydrogens is 230 g/mol. The van der Waals surface area contributed by atoms with Crippen LogP contribution in [0.1, 0.15) is 25.5 Å². The number of hydrogen-bond donors (Lipinski definition) is 1. The van der Waals surface area contributed by atoms with Crippen LogP contribution in [0.2, 0.25) is 0 Å². The van der Waals surface area contributed by atoms with Gasteiger partial charge < -0.3 is 15.2 Å². The Morgan fingerprint density at radius 2 is 2.39 bits per heavy atom. The Bertz CT molecular complexity index is 386. The molecule has 2 rings (SSSR count). The van der Waals surface area contributed by atoms with E-state index in [4.69, 9.17) is 15.2 Å². The highest BCUT2D eigenvalue weighted by atomic mass is 16.5. The molecule has 1 aromatic rings. The van der Waals surface area contributed by atoms with Gasteiger partial charge in [0.05, 0.1) is 13.2 Å². The van der Waals surface area contributed by atoms with E-state index >= 15 is 0 Å². The lowest BCUT2D eigenvalue weighted by Gasteiger charge is -2.23. The number of methoxy groups -OCH3 is 1. The molecule has 1 aliphatic heterocycles. The zero-order valence-electron chi connectivity index (χ0n) is 11.0. The average molecular weight is 251 g/mol. The van der Waals surface area contributed by atoms with Crippen molar-refractivity contribution in [1.82, 2.24) is 9.97 Å². The van der Waals surface area contributed by atoms with E-state index in [0.29, 0.717) is 17.9 Å². The van der Waals surface area contributed by atoms with Crippen LogP contribution < -0.4 is 10.5 Å². The van der Waals surface area contributed by atoms with Crippen molar-refractivity contribution in [3.05, 3.63) is 18.1 Å². The Labute approximate surface area is 108 Å². The first kappa shape index (κ1) is 13.2. The Kier molecular flexibility index (Phi) is 4.49. The number of hydrogen-bond acceptors (Lipinski definition) is 5. The Balaban J connectivity index is 1.99. The highest BCUT2D eigenvalue weighted by Gasteiger charge is 2.31. The lowest BCUT2D eigenvalue weighted by molar-refractivity contribution is 0.0813. The molecule has 1 fully saturated rings. The molecule has 0 aromatic carbocycles. The lowest BCUT2D eigenvalue weighted by Crippen LogP contribution is -2.37. The van der Waals surface area contributed by atoms with Crippen molar-refractivity contribution in [3.8, 4) is 5.88 Å². The zero-order valence-corrected chi connectivity index (χ0v) is 11.0. The molecule has 18 heavy (non-hydrogen) atoms. The Morgan fingerprint density at radius 1 is 1.56 bits per heavy atom. The monoisotopic (exact) mass is 251 g/mol. The van der Waals surface area contributed by atoms with E-state index in [2.05, 4.69) is 16.9 Å². The highest BCUT2D eigenvalue weighted by molar-refractivity contribution is 5.14. The normalized spacial score (nSPS) is 25.1. The first-order valence-electron chi connectivity index (χ1n) is 6.46. The number of aromatic nitrogens is 2. The fourth-order valence-corrected chi connectivity index (χ4v) is 2.57. The molecule has 1 saturated heterocycles. The molecule has 0 saturated carbocycles. The number of rotatable bonds is 5. The third-order valence-electron chi connectivity index (χ3n) is 3.57. The minimum absolute atomic E-state index is 0.0806. The summed E-state index contributed by atoms with van der Waals surface area (Å²) < 4.78 is 10.8. The van der Waals surface area contributed by atoms with Crippen LogP contribution in [0, 0.1) is 5.92 Å². The second-order valence-electron chi connectivity index (χ2n) is 4.69. The topological polar surface area (TPSA) is 70.3 Å². The number of nitrogens with two attached hydrogens (primary N) is 1. The maximum absolute atomic E-state index is 6.29. The minimum Gasteiger partial charge on any atom is -0.481 e. The molecule has 100 valence electrons. The Morgan fingerprint density at radius 3 is 3.11 bits per heavy atom. The molecule has 1 aliphatic rings. The molecule has 3 unspecified atom stereocenters. The van der Waals surface area contributed by atoms with E-state index in [0.717, 1.165) is 31.6 Å². The predicted octanol–water partition coefficient (Wildman–Crippen LogP) is 1.17. The average Bonchev–Trinajstić information content (AvgIpc) is 2.87. The van der Waals surface area contributed by atoms with Crippen LogP contribution in [0.25, 0.3) is 0 Å². The second-order valence-corrected chi connectivity index (χ2v) is 4.69. The fourth-order valence-electron chi connectivity index (χ4n) is 2.57. The van der Waals surface area contributed by atoms with Gasteiger partial charge >= 0.3 is 0 Å². The van der Waals surface area contributed by atoms with Crippen LogP contribution in [-0.2, 0) is 11.2 Å². The van der Waals surface area contributed by atoms with Crippen LogP contribution >= 0.6 is 0 Å². The lowest BCUT2D eigenvalue weighted by atomic mass is 9.89. The van der Waals surface area contributed by atoms with Gasteiger partial charge in [-0.1, -0.05) is 6.92 Å². The zero-order chi connectivity index (χ0) is 13.0. The molecule has 0 radical (unpaired) electrons. The quantitative estimate of drug-likeness (QED) is 0.850. The van der Waals surface area contributed by atoms with E-state index in [1.54, 1.807) is 7.11 Å². The molecule has 1 aromatic heterocycles. The van der Waals surface area contributed by atoms with E-state index < -0.39 is 0 Å². The van der Waals surface area contributed by atoms with Gasteiger partial charge in [-0.05, 0) is 12.8 Å². The third kappa shape index (κ3) is 2.97. The van der Waals surface area contributed by atoms with E-state index in [-0.39, 0.29) is 6.04 Å². The molecule has 5 heteroatoms. The van der Waals surface area contributed by atoms with Crippen LogP contribution in [0.5, 0.6) is 5.88 Å². The fraction of sp³-hybridized carbons (Fsp3) is 0.692. The van der Waals surface area contributed by atoms with Gasteiger partial charge in [0.25, 0.3) is 0 Å². The van der Waals surface area contributed by atoms with Gasteiger partial charge in [-0.15, -0.1) is 0 Å². The van der Waals surface area contributed by atoms with E-state index in [9.17, 15) is 0 Å². The van der Waals surface area contributed by atoms with Crippen molar-refractivity contribution >= 4 is 0 Å². The van der Waals surface area contributed by atoms with Gasteiger partial charge in [0.1, 0.15) is 6.33 Å². The Hall–Kier alpha value is -1.20. The summed E-state index contributed by atoms with van der Waals surface area (Å²) in [5.41, 5.74) is 7.21. The van der Waals surface area contributed by atoms with Crippen molar-refractivity contribution < 1.29 is 9.47 Å². The summed E-state index contributed by atoms with van der Waals surface area (Å²) in [6.07, 6.45) is 4.61. The van der Waals surface area contributed by atoms with E-state index in [1.165, 1.54) is 6.33 Å². The highest BCUT2D eigenvalue weighted by Crippen LogP contribution is 2.27. The first-order valence-corrected chi connectivity index (χ1v) is 6.46. The van der Waals surface area contributed by atoms with Gasteiger partial charge in [0.15, 0.2) is 0 Å². The maximum Gasteiger partial charge on any atom is 0.216 e. The van der Waals surface area contributed by atoms with Crippen LogP contribution in [-0.4, -0.2) is 35.8 Å². The van der Waals surface area contributed by atoms with Gasteiger partial charge in [-0.25, -0.2) is 9.97 Å². The number of nitrogens with zero attached hydrogens (tertiary/aromatic N) is 2. The van der Waals surface area contributed by atoms with Crippen LogP contribution in [0.3, 0.4) is 0 Å². The molecule has 2 heterocycles. The largest absolute Gasteiger partial charge is 0.481 e. The first-order chi connectivity index (χ1) is 8.74. The van der Waals surface area contributed by atoms with Crippen molar-refractivity contribution in [2.45, 2.75) is 38.3 Å². The van der Waals surface area contributed by atoms with Crippen molar-refractivity contribution in [2.24, 2.45) is 11.7 Å². The molecule has 3 atom stereocenters. The van der Waals surface area contributed by atoms with Gasteiger partial charge in [-0.3, -0.25) is 0 Å². The molecule has 0 bridgehead atoms. The summed E-state index contributed by atoms with van der Waals surface area (Å²) in [6, 6.07) is 1.92. The summed E-state index contributed by atoms with van der Waals surface area (Å²) in [6.45, 7) is 2.97. The molecule has 2 N–H and O–H groups in total. The van der Waals surface area contributed by atoms with E-state index in [1.807, 2.05) is 6.07 Å². The third-order valence-corrected chi connectivity index (χ3v) is 3.57. The molecule has 5 nitrogen and oxygen atoms in total. The summed E-state index contributed by atoms with van der Waals surface area (Å²) in [5.74, 6) is 1.01. The standard InChI is InChI=1S/C13H21N3O2/c1-3-12-10(4-5-18-12)11(14)6-9-7-13(17-2)16-8-15-9/h7-8,10-12H,3-6,14H2,1-2H3. The van der Waals surface area contributed by atoms with Crippen LogP contribution in [0.4, 0.5) is 0 Å². The van der Waals surface area contributed by atoms with Crippen molar-refractivity contribution in [3.63, 3.8) is 0 Å².